The molecule has 0 radical (unpaired) electrons. The average Bonchev–Trinajstić information content (AvgIpc) is 2.37. The second-order valence-electron chi connectivity index (χ2n) is 3.66. The van der Waals surface area contributed by atoms with E-state index in [4.69, 9.17) is 9.15 Å². The molecule has 0 bridgehead atoms. The molecule has 94 valence electrons. The zero-order valence-corrected chi connectivity index (χ0v) is 10.1. The van der Waals surface area contributed by atoms with E-state index in [-0.39, 0.29) is 5.56 Å². The van der Waals surface area contributed by atoms with E-state index >= 15 is 0 Å². The third-order valence-corrected chi connectivity index (χ3v) is 2.49. The molecule has 0 aliphatic rings. The molecule has 1 heterocycles. The van der Waals surface area contributed by atoms with Gasteiger partial charge in [-0.2, -0.15) is 0 Å². The predicted octanol–water partition coefficient (Wildman–Crippen LogP) is 1.55. The van der Waals surface area contributed by atoms with Crippen LogP contribution >= 0.6 is 0 Å². The molecule has 0 saturated heterocycles. The molecule has 1 aromatic carbocycles. The Morgan fingerprint density at radius 1 is 1.39 bits per heavy atom. The molecular formula is C13H13NO4. The van der Waals surface area contributed by atoms with E-state index in [1.807, 2.05) is 6.92 Å². The van der Waals surface area contributed by atoms with Crippen molar-refractivity contribution in [2.75, 3.05) is 13.7 Å². The third-order valence-electron chi connectivity index (χ3n) is 2.49. The van der Waals surface area contributed by atoms with Gasteiger partial charge in [0.05, 0.1) is 6.61 Å². The van der Waals surface area contributed by atoms with Crippen molar-refractivity contribution in [2.24, 2.45) is 0 Å². The van der Waals surface area contributed by atoms with Crippen LogP contribution in [0.15, 0.2) is 33.5 Å². The van der Waals surface area contributed by atoms with Gasteiger partial charge in [-0.3, -0.25) is 4.79 Å². The van der Waals surface area contributed by atoms with E-state index in [2.05, 4.69) is 5.32 Å². The van der Waals surface area contributed by atoms with Crippen LogP contribution in [-0.2, 0) is 0 Å². The molecule has 2 aromatic rings. The number of rotatable bonds is 3. The molecule has 0 unspecified atom stereocenters. The number of hydrogen-bond donors (Lipinski definition) is 1. The SMILES string of the molecule is CCOc1ccc2cc(C(=O)NC)c(=O)oc2c1. The maximum Gasteiger partial charge on any atom is 0.349 e. The lowest BCUT2D eigenvalue weighted by molar-refractivity contribution is 0.0959. The fraction of sp³-hybridized carbons (Fsp3) is 0.231. The highest BCUT2D eigenvalue weighted by Gasteiger charge is 2.12. The average molecular weight is 247 g/mol. The number of carbonyl (C=O) groups is 1. The lowest BCUT2D eigenvalue weighted by Crippen LogP contribution is -2.24. The Labute approximate surface area is 103 Å². The molecule has 1 N–H and O–H groups in total. The van der Waals surface area contributed by atoms with Crippen LogP contribution in [0, 0.1) is 0 Å². The Morgan fingerprint density at radius 3 is 2.83 bits per heavy atom. The van der Waals surface area contributed by atoms with Gasteiger partial charge in [-0.05, 0) is 25.1 Å². The predicted molar refractivity (Wildman–Crippen MR) is 67.0 cm³/mol. The van der Waals surface area contributed by atoms with Crippen LogP contribution in [0.5, 0.6) is 5.75 Å². The van der Waals surface area contributed by atoms with Gasteiger partial charge in [-0.25, -0.2) is 4.79 Å². The summed E-state index contributed by atoms with van der Waals surface area (Å²) in [6.07, 6.45) is 0. The largest absolute Gasteiger partial charge is 0.494 e. The zero-order chi connectivity index (χ0) is 13.1. The zero-order valence-electron chi connectivity index (χ0n) is 10.1. The number of fused-ring (bicyclic) bond motifs is 1. The summed E-state index contributed by atoms with van der Waals surface area (Å²) in [6.45, 7) is 2.40. The number of carbonyl (C=O) groups excluding carboxylic acids is 1. The van der Waals surface area contributed by atoms with Crippen LogP contribution in [-0.4, -0.2) is 19.6 Å². The summed E-state index contributed by atoms with van der Waals surface area (Å²) in [5.41, 5.74) is -0.261. The molecular weight excluding hydrogens is 234 g/mol. The fourth-order valence-electron chi connectivity index (χ4n) is 1.64. The molecule has 18 heavy (non-hydrogen) atoms. The van der Waals surface area contributed by atoms with E-state index in [9.17, 15) is 9.59 Å². The van der Waals surface area contributed by atoms with Gasteiger partial charge in [-0.15, -0.1) is 0 Å². The van der Waals surface area contributed by atoms with Gasteiger partial charge in [0.1, 0.15) is 16.9 Å². The molecule has 0 fully saturated rings. The minimum Gasteiger partial charge on any atom is -0.494 e. The van der Waals surface area contributed by atoms with Crippen molar-refractivity contribution in [2.45, 2.75) is 6.92 Å². The van der Waals surface area contributed by atoms with Crippen molar-refractivity contribution in [3.8, 4) is 5.75 Å². The van der Waals surface area contributed by atoms with Crippen LogP contribution in [0.3, 0.4) is 0 Å². The van der Waals surface area contributed by atoms with E-state index in [0.717, 1.165) is 0 Å². The van der Waals surface area contributed by atoms with E-state index in [0.29, 0.717) is 23.3 Å². The van der Waals surface area contributed by atoms with Gasteiger partial charge >= 0.3 is 5.63 Å². The normalized spacial score (nSPS) is 10.3. The molecule has 1 aromatic heterocycles. The first kappa shape index (κ1) is 12.2. The number of hydrogen-bond acceptors (Lipinski definition) is 4. The highest BCUT2D eigenvalue weighted by atomic mass is 16.5. The van der Waals surface area contributed by atoms with Crippen molar-refractivity contribution < 1.29 is 13.9 Å². The van der Waals surface area contributed by atoms with E-state index in [1.165, 1.54) is 13.1 Å². The van der Waals surface area contributed by atoms with Crippen LogP contribution in [0.2, 0.25) is 0 Å². The Balaban J connectivity index is 2.57. The first-order chi connectivity index (χ1) is 8.65. The van der Waals surface area contributed by atoms with Gasteiger partial charge in [0, 0.05) is 18.5 Å². The fourth-order valence-corrected chi connectivity index (χ4v) is 1.64. The number of ether oxygens (including phenoxy) is 1. The molecule has 0 spiro atoms. The Hall–Kier alpha value is -2.30. The standard InChI is InChI=1S/C13H13NO4/c1-3-17-9-5-4-8-6-10(12(15)14-2)13(16)18-11(8)7-9/h4-7H,3H2,1-2H3,(H,14,15). The molecule has 1 amide bonds. The van der Waals surface area contributed by atoms with Crippen LogP contribution in [0.4, 0.5) is 0 Å². The molecule has 0 aliphatic carbocycles. The van der Waals surface area contributed by atoms with Crippen molar-refractivity contribution >= 4 is 16.9 Å². The molecule has 5 nitrogen and oxygen atoms in total. The minimum absolute atomic E-state index is 0.00541. The second-order valence-corrected chi connectivity index (χ2v) is 3.66. The van der Waals surface area contributed by atoms with Crippen molar-refractivity contribution in [3.05, 3.63) is 40.2 Å². The lowest BCUT2D eigenvalue weighted by atomic mass is 10.1. The summed E-state index contributed by atoms with van der Waals surface area (Å²) in [4.78, 5) is 23.1. The Kier molecular flexibility index (Phi) is 3.32. The van der Waals surface area contributed by atoms with Gasteiger partial charge < -0.3 is 14.5 Å². The topological polar surface area (TPSA) is 68.5 Å². The van der Waals surface area contributed by atoms with Crippen molar-refractivity contribution in [1.29, 1.82) is 0 Å². The molecule has 0 saturated carbocycles. The number of amides is 1. The smallest absolute Gasteiger partial charge is 0.349 e. The van der Waals surface area contributed by atoms with Crippen LogP contribution in [0.1, 0.15) is 17.3 Å². The highest BCUT2D eigenvalue weighted by Crippen LogP contribution is 2.20. The third kappa shape index (κ3) is 2.20. The van der Waals surface area contributed by atoms with Gasteiger partial charge in [0.2, 0.25) is 0 Å². The maximum atomic E-state index is 11.6. The molecule has 5 heteroatoms. The van der Waals surface area contributed by atoms with Crippen LogP contribution < -0.4 is 15.7 Å². The van der Waals surface area contributed by atoms with E-state index in [1.54, 1.807) is 18.2 Å². The minimum atomic E-state index is -0.657. The molecule has 2 rings (SSSR count). The quantitative estimate of drug-likeness (QED) is 0.835. The van der Waals surface area contributed by atoms with Gasteiger partial charge in [-0.1, -0.05) is 0 Å². The summed E-state index contributed by atoms with van der Waals surface area (Å²) < 4.78 is 10.4. The van der Waals surface area contributed by atoms with Crippen molar-refractivity contribution in [3.63, 3.8) is 0 Å². The Morgan fingerprint density at radius 2 is 2.17 bits per heavy atom. The van der Waals surface area contributed by atoms with Crippen molar-refractivity contribution in [1.82, 2.24) is 5.32 Å². The molecule has 0 aliphatic heterocycles. The number of nitrogens with one attached hydrogen (secondary N) is 1. The van der Waals surface area contributed by atoms with Gasteiger partial charge in [0.25, 0.3) is 5.91 Å². The highest BCUT2D eigenvalue weighted by molar-refractivity contribution is 5.96. The molecule has 0 atom stereocenters. The summed E-state index contributed by atoms with van der Waals surface area (Å²) in [6, 6.07) is 6.65. The lowest BCUT2D eigenvalue weighted by Gasteiger charge is -2.04. The Bertz CT molecular complexity index is 645. The summed E-state index contributed by atoms with van der Waals surface area (Å²) in [5.74, 6) is 0.167. The monoisotopic (exact) mass is 247 g/mol. The first-order valence-electron chi connectivity index (χ1n) is 5.58. The second kappa shape index (κ2) is 4.91. The maximum absolute atomic E-state index is 11.6. The first-order valence-corrected chi connectivity index (χ1v) is 5.58. The van der Waals surface area contributed by atoms with Gasteiger partial charge in [0.15, 0.2) is 0 Å². The summed E-state index contributed by atoms with van der Waals surface area (Å²) >= 11 is 0. The number of benzene rings is 1. The summed E-state index contributed by atoms with van der Waals surface area (Å²) in [7, 11) is 1.46. The van der Waals surface area contributed by atoms with E-state index < -0.39 is 11.5 Å². The van der Waals surface area contributed by atoms with Crippen LogP contribution in [0.25, 0.3) is 11.0 Å². The summed E-state index contributed by atoms with van der Waals surface area (Å²) in [5, 5.41) is 3.07.